The molecule has 0 amide bonds. The summed E-state index contributed by atoms with van der Waals surface area (Å²) >= 11 is 1.67. The van der Waals surface area contributed by atoms with Gasteiger partial charge in [0, 0.05) is 43.2 Å². The largest absolute Gasteiger partial charge is 0.377 e. The van der Waals surface area contributed by atoms with E-state index in [1.807, 2.05) is 6.07 Å². The molecule has 1 aliphatic rings. The number of nitrogens with one attached hydrogen (secondary N) is 1. The molecule has 5 nitrogen and oxygen atoms in total. The lowest BCUT2D eigenvalue weighted by Gasteiger charge is -2.35. The van der Waals surface area contributed by atoms with Crippen LogP contribution >= 0.6 is 11.3 Å². The Hall–Kier alpha value is -2.02. The summed E-state index contributed by atoms with van der Waals surface area (Å²) in [5.41, 5.74) is 2.40. The summed E-state index contributed by atoms with van der Waals surface area (Å²) in [6, 6.07) is 11.5. The van der Waals surface area contributed by atoms with Gasteiger partial charge in [-0.3, -0.25) is 0 Å². The van der Waals surface area contributed by atoms with E-state index in [-0.39, 0.29) is 0 Å². The monoisotopic (exact) mass is 396 g/mol. The van der Waals surface area contributed by atoms with Crippen molar-refractivity contribution in [1.82, 2.24) is 14.9 Å². The normalized spacial score (nSPS) is 16.1. The summed E-state index contributed by atoms with van der Waals surface area (Å²) < 4.78 is 5.30. The van der Waals surface area contributed by atoms with Gasteiger partial charge >= 0.3 is 0 Å². The van der Waals surface area contributed by atoms with E-state index in [0.717, 1.165) is 47.8 Å². The molecule has 1 saturated heterocycles. The number of aromatic nitrogens is 2. The van der Waals surface area contributed by atoms with Crippen molar-refractivity contribution < 1.29 is 4.74 Å². The molecule has 0 aliphatic carbocycles. The van der Waals surface area contributed by atoms with E-state index < -0.39 is 0 Å². The third kappa shape index (κ3) is 4.04. The van der Waals surface area contributed by atoms with Crippen LogP contribution in [0.5, 0.6) is 0 Å². The SMILES string of the molecule is COCc1nc(NC2CCN(C(C)C)CC2)c2c(-c3ccccc3)csc2n1. The molecule has 3 heterocycles. The van der Waals surface area contributed by atoms with Crippen molar-refractivity contribution in [2.75, 3.05) is 25.5 Å². The average Bonchev–Trinajstić information content (AvgIpc) is 3.14. The van der Waals surface area contributed by atoms with Gasteiger partial charge in [0.1, 0.15) is 17.3 Å². The van der Waals surface area contributed by atoms with Crippen molar-refractivity contribution in [1.29, 1.82) is 0 Å². The Morgan fingerprint density at radius 2 is 1.93 bits per heavy atom. The minimum absolute atomic E-state index is 0.426. The maximum atomic E-state index is 5.30. The zero-order chi connectivity index (χ0) is 19.5. The molecule has 28 heavy (non-hydrogen) atoms. The van der Waals surface area contributed by atoms with Crippen LogP contribution < -0.4 is 5.32 Å². The molecule has 1 aliphatic heterocycles. The topological polar surface area (TPSA) is 50.3 Å². The van der Waals surface area contributed by atoms with Crippen molar-refractivity contribution in [3.8, 4) is 11.1 Å². The minimum atomic E-state index is 0.426. The number of thiophene rings is 1. The number of likely N-dealkylation sites (tertiary alicyclic amines) is 1. The molecule has 6 heteroatoms. The summed E-state index contributed by atoms with van der Waals surface area (Å²) in [6.07, 6.45) is 2.27. The standard InChI is InChI=1S/C22H28N4OS/c1-15(2)26-11-9-17(10-12-26)23-21-20-18(16-7-5-4-6-8-16)14-28-22(20)25-19(24-21)13-27-3/h4-8,14-15,17H,9-13H2,1-3H3,(H,23,24,25). The molecule has 1 fully saturated rings. The van der Waals surface area contributed by atoms with Crippen LogP contribution in [0.2, 0.25) is 0 Å². The smallest absolute Gasteiger partial charge is 0.158 e. The zero-order valence-electron chi connectivity index (χ0n) is 16.8. The molecule has 0 unspecified atom stereocenters. The molecule has 0 bridgehead atoms. The van der Waals surface area contributed by atoms with Crippen LogP contribution in [0.25, 0.3) is 21.3 Å². The van der Waals surface area contributed by atoms with Crippen molar-refractivity contribution in [2.24, 2.45) is 0 Å². The summed E-state index contributed by atoms with van der Waals surface area (Å²) in [5, 5.41) is 7.07. The molecule has 3 aromatic rings. The number of fused-ring (bicyclic) bond motifs is 1. The quantitative estimate of drug-likeness (QED) is 0.649. The van der Waals surface area contributed by atoms with Crippen LogP contribution in [0.1, 0.15) is 32.5 Å². The van der Waals surface area contributed by atoms with E-state index in [0.29, 0.717) is 18.7 Å². The van der Waals surface area contributed by atoms with Crippen molar-refractivity contribution >= 4 is 27.4 Å². The second kappa shape index (κ2) is 8.55. The van der Waals surface area contributed by atoms with Crippen molar-refractivity contribution in [3.63, 3.8) is 0 Å². The number of benzene rings is 1. The van der Waals surface area contributed by atoms with E-state index in [2.05, 4.69) is 53.7 Å². The van der Waals surface area contributed by atoms with Crippen LogP contribution in [-0.4, -0.2) is 47.2 Å². The number of ether oxygens (including phenoxy) is 1. The highest BCUT2D eigenvalue weighted by atomic mass is 32.1. The van der Waals surface area contributed by atoms with E-state index >= 15 is 0 Å². The highest BCUT2D eigenvalue weighted by Gasteiger charge is 2.23. The molecule has 0 atom stereocenters. The number of hydrogen-bond donors (Lipinski definition) is 1. The fourth-order valence-corrected chi connectivity index (χ4v) is 4.83. The Kier molecular flexibility index (Phi) is 5.90. The van der Waals surface area contributed by atoms with Crippen LogP contribution in [0.15, 0.2) is 35.7 Å². The van der Waals surface area contributed by atoms with E-state index in [1.165, 1.54) is 11.1 Å². The van der Waals surface area contributed by atoms with Gasteiger partial charge in [0.2, 0.25) is 0 Å². The van der Waals surface area contributed by atoms with Gasteiger partial charge in [0.05, 0.1) is 5.39 Å². The van der Waals surface area contributed by atoms with E-state index in [9.17, 15) is 0 Å². The lowest BCUT2D eigenvalue weighted by atomic mass is 10.0. The highest BCUT2D eigenvalue weighted by Crippen LogP contribution is 2.37. The summed E-state index contributed by atoms with van der Waals surface area (Å²) in [4.78, 5) is 13.1. The molecule has 0 radical (unpaired) electrons. The van der Waals surface area contributed by atoms with Gasteiger partial charge < -0.3 is 15.0 Å². The van der Waals surface area contributed by atoms with Crippen LogP contribution in [0.3, 0.4) is 0 Å². The van der Waals surface area contributed by atoms with Gasteiger partial charge in [-0.05, 0) is 32.3 Å². The maximum absolute atomic E-state index is 5.30. The molecule has 0 spiro atoms. The molecule has 2 aromatic heterocycles. The first-order valence-electron chi connectivity index (χ1n) is 9.98. The first-order chi connectivity index (χ1) is 13.7. The highest BCUT2D eigenvalue weighted by molar-refractivity contribution is 7.17. The van der Waals surface area contributed by atoms with Gasteiger partial charge in [-0.1, -0.05) is 30.3 Å². The minimum Gasteiger partial charge on any atom is -0.377 e. The maximum Gasteiger partial charge on any atom is 0.158 e. The van der Waals surface area contributed by atoms with Crippen LogP contribution in [-0.2, 0) is 11.3 Å². The van der Waals surface area contributed by atoms with E-state index in [1.54, 1.807) is 18.4 Å². The third-order valence-electron chi connectivity index (χ3n) is 5.44. The number of methoxy groups -OCH3 is 1. The number of rotatable bonds is 6. The summed E-state index contributed by atoms with van der Waals surface area (Å²) in [7, 11) is 1.69. The Labute approximate surface area is 170 Å². The Bertz CT molecular complexity index is 917. The van der Waals surface area contributed by atoms with Crippen molar-refractivity contribution in [2.45, 2.75) is 45.4 Å². The molecule has 148 valence electrons. The van der Waals surface area contributed by atoms with Crippen LogP contribution in [0.4, 0.5) is 5.82 Å². The van der Waals surface area contributed by atoms with Gasteiger partial charge in [0.15, 0.2) is 5.82 Å². The average molecular weight is 397 g/mol. The molecule has 0 saturated carbocycles. The van der Waals surface area contributed by atoms with Gasteiger partial charge in [0.25, 0.3) is 0 Å². The molecular formula is C22H28N4OS. The second-order valence-electron chi connectivity index (χ2n) is 7.67. The molecule has 1 N–H and O–H groups in total. The van der Waals surface area contributed by atoms with Crippen LogP contribution in [0, 0.1) is 0 Å². The van der Waals surface area contributed by atoms with Gasteiger partial charge in [-0.15, -0.1) is 11.3 Å². The fourth-order valence-electron chi connectivity index (χ4n) is 3.87. The Morgan fingerprint density at radius 1 is 1.18 bits per heavy atom. The Balaban J connectivity index is 1.68. The summed E-state index contributed by atoms with van der Waals surface area (Å²) in [6.45, 7) is 7.23. The molecule has 4 rings (SSSR count). The first kappa shape index (κ1) is 19.3. The first-order valence-corrected chi connectivity index (χ1v) is 10.9. The molecule has 1 aromatic carbocycles. The third-order valence-corrected chi connectivity index (χ3v) is 6.31. The van der Waals surface area contributed by atoms with Crippen molar-refractivity contribution in [3.05, 3.63) is 41.5 Å². The van der Waals surface area contributed by atoms with Gasteiger partial charge in [-0.2, -0.15) is 0 Å². The number of anilines is 1. The number of hydrogen-bond acceptors (Lipinski definition) is 6. The number of piperidine rings is 1. The predicted octanol–water partition coefficient (Wildman–Crippen LogP) is 4.79. The summed E-state index contributed by atoms with van der Waals surface area (Å²) in [5.74, 6) is 1.68. The molecular weight excluding hydrogens is 368 g/mol. The van der Waals surface area contributed by atoms with Gasteiger partial charge in [-0.25, -0.2) is 9.97 Å². The lowest BCUT2D eigenvalue weighted by Crippen LogP contribution is -2.42. The fraction of sp³-hybridized carbons (Fsp3) is 0.455. The number of nitrogens with zero attached hydrogens (tertiary/aromatic N) is 3. The zero-order valence-corrected chi connectivity index (χ0v) is 17.6. The lowest BCUT2D eigenvalue weighted by molar-refractivity contribution is 0.176. The Morgan fingerprint density at radius 3 is 2.61 bits per heavy atom. The second-order valence-corrected chi connectivity index (χ2v) is 8.52. The van der Waals surface area contributed by atoms with E-state index in [4.69, 9.17) is 14.7 Å². The predicted molar refractivity (Wildman–Crippen MR) is 117 cm³/mol.